The summed E-state index contributed by atoms with van der Waals surface area (Å²) in [5, 5.41) is 32.5. The van der Waals surface area contributed by atoms with Crippen molar-refractivity contribution < 1.29 is 28.9 Å². The number of esters is 1. The lowest BCUT2D eigenvalue weighted by Gasteiger charge is -2.14. The molecule has 0 saturated carbocycles. The topological polar surface area (TPSA) is 173 Å². The summed E-state index contributed by atoms with van der Waals surface area (Å²) in [6.07, 6.45) is 0. The van der Waals surface area contributed by atoms with E-state index in [-0.39, 0.29) is 35.2 Å². The van der Waals surface area contributed by atoms with Crippen molar-refractivity contribution in [1.82, 2.24) is 15.4 Å². The third-order valence-corrected chi connectivity index (χ3v) is 4.67. The van der Waals surface area contributed by atoms with Gasteiger partial charge < -0.3 is 14.2 Å². The Balaban J connectivity index is 2.05. The number of aromatic amines is 1. The number of rotatable bonds is 8. The minimum atomic E-state index is -0.794. The lowest BCUT2D eigenvalue weighted by Crippen LogP contribution is -2.07. The maximum atomic E-state index is 12.1. The first kappa shape index (κ1) is 22.6. The number of methoxy groups -OCH3 is 1. The molecule has 2 aromatic carbocycles. The molecule has 0 saturated heterocycles. The van der Waals surface area contributed by atoms with Crippen LogP contribution in [0.5, 0.6) is 17.2 Å². The molecular weight excluding hydrogens is 494 g/mol. The summed E-state index contributed by atoms with van der Waals surface area (Å²) < 4.78 is 16.3. The molecule has 1 aromatic heterocycles. The molecule has 0 bridgehead atoms. The second kappa shape index (κ2) is 9.38. The molecule has 0 aliphatic rings. The lowest BCUT2D eigenvalue weighted by atomic mass is 10.1. The number of ether oxygens (including phenoxy) is 3. The van der Waals surface area contributed by atoms with Gasteiger partial charge in [-0.15, -0.1) is 5.10 Å². The highest BCUT2D eigenvalue weighted by atomic mass is 79.9. The van der Waals surface area contributed by atoms with Crippen molar-refractivity contribution in [1.29, 1.82) is 0 Å². The second-order valence-corrected chi connectivity index (χ2v) is 6.85. The number of nitro benzene ring substituents is 2. The Morgan fingerprint density at radius 1 is 1.12 bits per heavy atom. The average Bonchev–Trinajstić information content (AvgIpc) is 3.25. The lowest BCUT2D eigenvalue weighted by molar-refractivity contribution is -0.394. The van der Waals surface area contributed by atoms with E-state index < -0.39 is 27.2 Å². The molecule has 1 N–H and O–H groups in total. The number of nitro groups is 2. The Morgan fingerprint density at radius 2 is 1.88 bits per heavy atom. The molecule has 3 aromatic rings. The van der Waals surface area contributed by atoms with Gasteiger partial charge in [0.15, 0.2) is 17.2 Å². The van der Waals surface area contributed by atoms with Gasteiger partial charge in [0.2, 0.25) is 5.75 Å². The van der Waals surface area contributed by atoms with Crippen LogP contribution in [0.4, 0.5) is 11.4 Å². The van der Waals surface area contributed by atoms with E-state index in [1.807, 2.05) is 0 Å². The summed E-state index contributed by atoms with van der Waals surface area (Å²) in [5.74, 6) is -0.705. The molecule has 13 nitrogen and oxygen atoms in total. The maximum Gasteiger partial charge on any atom is 0.361 e. The number of nitrogens with one attached hydrogen (secondary N) is 1. The van der Waals surface area contributed by atoms with Gasteiger partial charge in [-0.2, -0.15) is 10.3 Å². The highest BCUT2D eigenvalue weighted by Crippen LogP contribution is 2.44. The summed E-state index contributed by atoms with van der Waals surface area (Å²) in [4.78, 5) is 32.9. The van der Waals surface area contributed by atoms with Crippen LogP contribution in [-0.4, -0.2) is 44.9 Å². The Labute approximate surface area is 187 Å². The normalized spacial score (nSPS) is 10.5. The number of carbonyl (C=O) groups is 1. The summed E-state index contributed by atoms with van der Waals surface area (Å²) in [6, 6.07) is 6.02. The Kier molecular flexibility index (Phi) is 6.63. The number of carbonyl (C=O) groups excluding carboxylic acids is 1. The second-order valence-electron chi connectivity index (χ2n) is 6.00. The highest BCUT2D eigenvalue weighted by molar-refractivity contribution is 9.10. The maximum absolute atomic E-state index is 12.1. The fraction of sp³-hybridized carbons (Fsp3) is 0.167. The number of hydrogen-bond acceptors (Lipinski definition) is 10. The molecule has 32 heavy (non-hydrogen) atoms. The van der Waals surface area contributed by atoms with Gasteiger partial charge in [-0.05, 0) is 41.1 Å². The van der Waals surface area contributed by atoms with E-state index in [4.69, 9.17) is 14.2 Å². The quantitative estimate of drug-likeness (QED) is 0.266. The predicted octanol–water partition coefficient (Wildman–Crippen LogP) is 4.03. The van der Waals surface area contributed by atoms with Crippen molar-refractivity contribution in [2.45, 2.75) is 6.92 Å². The summed E-state index contributed by atoms with van der Waals surface area (Å²) in [7, 11) is 1.34. The van der Waals surface area contributed by atoms with E-state index in [1.165, 1.54) is 19.2 Å². The number of benzene rings is 2. The molecule has 0 unspecified atom stereocenters. The molecule has 0 fully saturated rings. The van der Waals surface area contributed by atoms with Gasteiger partial charge in [0.05, 0.1) is 34.1 Å². The van der Waals surface area contributed by atoms with Crippen LogP contribution in [0, 0.1) is 20.2 Å². The molecule has 3 rings (SSSR count). The summed E-state index contributed by atoms with van der Waals surface area (Å²) in [6.45, 7) is 1.81. The van der Waals surface area contributed by atoms with Gasteiger partial charge >= 0.3 is 11.7 Å². The number of non-ortho nitro benzene ring substituents is 1. The zero-order chi connectivity index (χ0) is 23.4. The standard InChI is InChI=1S/C18H14BrN5O8/c1-3-31-18(25)16-15(20-22-21-16)9-6-11(19)17(14(7-9)30-2)32-13-5-4-10(23(26)27)8-12(13)24(28)29/h4-8H,3H2,1-2H3,(H,20,21,22). The van der Waals surface area contributed by atoms with Crippen LogP contribution >= 0.6 is 15.9 Å². The van der Waals surface area contributed by atoms with Gasteiger partial charge in [0, 0.05) is 11.6 Å². The van der Waals surface area contributed by atoms with Gasteiger partial charge in [0.25, 0.3) is 5.69 Å². The van der Waals surface area contributed by atoms with Crippen molar-refractivity contribution in [3.63, 3.8) is 0 Å². The highest BCUT2D eigenvalue weighted by Gasteiger charge is 2.25. The van der Waals surface area contributed by atoms with E-state index in [0.717, 1.165) is 18.2 Å². The van der Waals surface area contributed by atoms with Crippen LogP contribution in [0.25, 0.3) is 11.3 Å². The van der Waals surface area contributed by atoms with E-state index in [9.17, 15) is 25.0 Å². The molecule has 0 radical (unpaired) electrons. The van der Waals surface area contributed by atoms with Crippen LogP contribution in [-0.2, 0) is 4.74 Å². The average molecular weight is 508 g/mol. The van der Waals surface area contributed by atoms with Crippen molar-refractivity contribution in [2.75, 3.05) is 13.7 Å². The Hall–Kier alpha value is -4.07. The first-order valence-electron chi connectivity index (χ1n) is 8.83. The predicted molar refractivity (Wildman–Crippen MR) is 112 cm³/mol. The van der Waals surface area contributed by atoms with Crippen molar-refractivity contribution in [2.24, 2.45) is 0 Å². The summed E-state index contributed by atoms with van der Waals surface area (Å²) in [5.41, 5.74) is -0.492. The van der Waals surface area contributed by atoms with Gasteiger partial charge in [-0.1, -0.05) is 0 Å². The van der Waals surface area contributed by atoms with Crippen LogP contribution in [0.3, 0.4) is 0 Å². The van der Waals surface area contributed by atoms with E-state index in [1.54, 1.807) is 6.92 Å². The number of nitrogens with zero attached hydrogens (tertiary/aromatic N) is 4. The minimum absolute atomic E-state index is 0.0412. The molecule has 0 amide bonds. The molecule has 0 aliphatic heterocycles. The van der Waals surface area contributed by atoms with Crippen molar-refractivity contribution >= 4 is 33.3 Å². The fourth-order valence-corrected chi connectivity index (χ4v) is 3.21. The zero-order valence-corrected chi connectivity index (χ0v) is 18.1. The third kappa shape index (κ3) is 4.49. The smallest absolute Gasteiger partial charge is 0.361 e. The van der Waals surface area contributed by atoms with Crippen LogP contribution in [0.2, 0.25) is 0 Å². The van der Waals surface area contributed by atoms with Crippen LogP contribution < -0.4 is 9.47 Å². The first-order chi connectivity index (χ1) is 15.3. The molecule has 14 heteroatoms. The van der Waals surface area contributed by atoms with Crippen molar-refractivity contribution in [3.8, 4) is 28.5 Å². The van der Waals surface area contributed by atoms with Gasteiger partial charge in [-0.3, -0.25) is 20.2 Å². The number of aromatic nitrogens is 3. The van der Waals surface area contributed by atoms with Crippen molar-refractivity contribution in [3.05, 3.63) is 60.7 Å². The molecule has 0 spiro atoms. The largest absolute Gasteiger partial charge is 0.493 e. The van der Waals surface area contributed by atoms with Gasteiger partial charge in [-0.25, -0.2) is 4.79 Å². The van der Waals surface area contributed by atoms with Crippen LogP contribution in [0.15, 0.2) is 34.8 Å². The first-order valence-corrected chi connectivity index (χ1v) is 9.62. The SMILES string of the molecule is CCOC(=O)c1n[nH]nc1-c1cc(Br)c(Oc2ccc([N+](=O)[O-])cc2[N+](=O)[O-])c(OC)c1. The zero-order valence-electron chi connectivity index (χ0n) is 16.5. The summed E-state index contributed by atoms with van der Waals surface area (Å²) >= 11 is 3.32. The number of H-pyrrole nitrogens is 1. The molecule has 166 valence electrons. The minimum Gasteiger partial charge on any atom is -0.493 e. The monoisotopic (exact) mass is 507 g/mol. The van der Waals surface area contributed by atoms with E-state index in [0.29, 0.717) is 10.0 Å². The van der Waals surface area contributed by atoms with Crippen LogP contribution in [0.1, 0.15) is 17.4 Å². The fourth-order valence-electron chi connectivity index (χ4n) is 2.69. The Bertz CT molecular complexity index is 1210. The molecule has 0 aliphatic carbocycles. The molecule has 1 heterocycles. The number of hydrogen-bond donors (Lipinski definition) is 1. The number of halogens is 1. The Morgan fingerprint density at radius 3 is 2.50 bits per heavy atom. The molecule has 0 atom stereocenters. The third-order valence-electron chi connectivity index (χ3n) is 4.08. The van der Waals surface area contributed by atoms with E-state index in [2.05, 4.69) is 31.3 Å². The van der Waals surface area contributed by atoms with Gasteiger partial charge in [0.1, 0.15) is 5.69 Å². The molecular formula is C18H14BrN5O8. The van der Waals surface area contributed by atoms with E-state index >= 15 is 0 Å².